The first-order valence-corrected chi connectivity index (χ1v) is 27.4. The van der Waals surface area contributed by atoms with Crippen LogP contribution in [-0.4, -0.2) is 85.0 Å². The molecule has 0 radical (unpaired) electrons. The summed E-state index contributed by atoms with van der Waals surface area (Å²) in [6.45, 7) is 3.63. The van der Waals surface area contributed by atoms with Crippen molar-refractivity contribution in [3.8, 4) is 0 Å². The van der Waals surface area contributed by atoms with E-state index in [1.54, 1.807) is 79.7 Å². The molecule has 394 valence electrons. The van der Waals surface area contributed by atoms with Gasteiger partial charge in [-0.15, -0.1) is 30.4 Å². The van der Waals surface area contributed by atoms with Gasteiger partial charge in [0.2, 0.25) is 5.95 Å². The summed E-state index contributed by atoms with van der Waals surface area (Å²) in [5.74, 6) is -0.321. The summed E-state index contributed by atoms with van der Waals surface area (Å²) < 4.78 is 149. The average Bonchev–Trinajstić information content (AvgIpc) is 3.34. The maximum Gasteiger partial charge on any atom is 0.425 e. The van der Waals surface area contributed by atoms with Crippen molar-refractivity contribution in [1.82, 2.24) is 15.0 Å². The highest BCUT2D eigenvalue weighted by Gasteiger charge is 2.18. The Balaban J connectivity index is 0.00000124. The molecule has 7 aromatic rings. The third kappa shape index (κ3) is 20.1. The number of aryl methyl sites for hydroxylation is 2. The van der Waals surface area contributed by atoms with Crippen LogP contribution in [0.4, 0.5) is 51.4 Å². The number of rotatable bonds is 17. The Hall–Kier alpha value is -8.50. The van der Waals surface area contributed by atoms with Gasteiger partial charge >= 0.3 is 21.2 Å². The fourth-order valence-electron chi connectivity index (χ4n) is 6.18. The fourth-order valence-corrected chi connectivity index (χ4v) is 7.61. The van der Waals surface area contributed by atoms with Gasteiger partial charge in [0, 0.05) is 12.8 Å². The van der Waals surface area contributed by atoms with Crippen LogP contribution in [0.15, 0.2) is 184 Å². The molecule has 0 spiro atoms. The molecule has 0 saturated heterocycles. The molecule has 4 N–H and O–H groups in total. The summed E-state index contributed by atoms with van der Waals surface area (Å²) in [5.41, 5.74) is 6.02. The number of benzene rings is 6. The quantitative estimate of drug-likeness (QED) is 0.0487. The maximum absolute atomic E-state index is 12.3. The van der Waals surface area contributed by atoms with Crippen LogP contribution in [0.3, 0.4) is 0 Å². The first-order chi connectivity index (χ1) is 35.8. The number of hydrogen-bond acceptors (Lipinski definition) is 24. The van der Waals surface area contributed by atoms with Gasteiger partial charge in [0.15, 0.2) is 0 Å². The first-order valence-electron chi connectivity index (χ1n) is 21.0. The van der Waals surface area contributed by atoms with E-state index in [9.17, 15) is 34.4 Å². The van der Waals surface area contributed by atoms with Gasteiger partial charge in [-0.25, -0.2) is 4.98 Å². The van der Waals surface area contributed by atoms with Crippen LogP contribution in [0.25, 0.3) is 0 Å². The molecule has 0 unspecified atom stereocenters. The summed E-state index contributed by atoms with van der Waals surface area (Å²) in [6, 6.07) is 35.5. The zero-order chi connectivity index (χ0) is 55.6. The predicted octanol–water partition coefficient (Wildman–Crippen LogP) is 9.07. The van der Waals surface area contributed by atoms with E-state index in [1.165, 1.54) is 36.4 Å². The molecule has 0 aliphatic heterocycles. The van der Waals surface area contributed by atoms with E-state index in [0.29, 0.717) is 45.5 Å². The number of nitrogens with zero attached hydrogens (tertiary/aromatic N) is 11. The maximum atomic E-state index is 12.3. The third-order valence-electron chi connectivity index (χ3n) is 9.45. The molecule has 0 aliphatic rings. The molecule has 7 rings (SSSR count). The minimum absolute atomic E-state index is 0.0732. The predicted molar refractivity (Wildman–Crippen MR) is 269 cm³/mol. The molecule has 27 nitrogen and oxygen atoms in total. The van der Waals surface area contributed by atoms with Gasteiger partial charge < -0.3 is 5.32 Å². The Labute approximate surface area is 435 Å². The van der Waals surface area contributed by atoms with Crippen molar-refractivity contribution in [2.45, 2.75) is 36.5 Å². The second-order valence-corrected chi connectivity index (χ2v) is 20.2. The first kappa shape index (κ1) is 58.4. The Morgan fingerprint density at radius 3 is 1.26 bits per heavy atom. The topological polar surface area (TPSA) is 415 Å². The van der Waals surface area contributed by atoms with Gasteiger partial charge in [0.05, 0.1) is 44.7 Å². The SMILES string of the molecule is Cc1cc(Cc2nc(Cc3ccc(N=Nc4ccc(N=Nc5ccccc5)cc4S(=O)(=O)O)c(C)c3)nc(NCS(=O)(=O)O)n2)ccc1N=Nc1ccc(N=Nc2ccc(S(=O)(=O)O)cc2)cc1.O=S(=O)=O.O=S(=O)=O. The van der Waals surface area contributed by atoms with Gasteiger partial charge in [0.25, 0.3) is 30.4 Å². The van der Waals surface area contributed by atoms with E-state index in [1.807, 2.05) is 25.1 Å². The molecule has 0 amide bonds. The lowest BCUT2D eigenvalue weighted by Gasteiger charge is -2.10. The zero-order valence-electron chi connectivity index (χ0n) is 39.0. The number of azo groups is 4. The minimum atomic E-state index is -4.72. The molecule has 0 aliphatic carbocycles. The lowest BCUT2D eigenvalue weighted by molar-refractivity contribution is 0.481. The zero-order valence-corrected chi connectivity index (χ0v) is 43.1. The summed E-state index contributed by atoms with van der Waals surface area (Å²) in [5, 5.41) is 35.9. The molecule has 1 aromatic heterocycles. The van der Waals surface area contributed by atoms with Gasteiger partial charge in [-0.2, -0.15) is 71.0 Å². The van der Waals surface area contributed by atoms with Crippen LogP contribution < -0.4 is 5.32 Å². The second kappa shape index (κ2) is 26.6. The number of nitrogens with one attached hydrogen (secondary N) is 1. The molecule has 0 saturated carbocycles. The Morgan fingerprint density at radius 1 is 0.447 bits per heavy atom. The van der Waals surface area contributed by atoms with E-state index in [-0.39, 0.29) is 40.9 Å². The van der Waals surface area contributed by atoms with Crippen molar-refractivity contribution in [2.24, 2.45) is 40.9 Å². The summed E-state index contributed by atoms with van der Waals surface area (Å²) >= 11 is 0. The van der Waals surface area contributed by atoms with E-state index < -0.39 is 62.3 Å². The molecule has 6 aromatic carbocycles. The average molecular weight is 1140 g/mol. The summed E-state index contributed by atoms with van der Waals surface area (Å²) in [4.78, 5) is 12.7. The molecular weight excluding hydrogens is 1100 g/mol. The number of hydrogen-bond donors (Lipinski definition) is 4. The van der Waals surface area contributed by atoms with Crippen LogP contribution in [-0.2, 0) is 64.4 Å². The van der Waals surface area contributed by atoms with E-state index in [4.69, 9.17) is 29.8 Å². The molecule has 76 heavy (non-hydrogen) atoms. The summed E-state index contributed by atoms with van der Waals surface area (Å²) in [7, 11) is -19.7. The van der Waals surface area contributed by atoms with Crippen LogP contribution in [0, 0.1) is 13.8 Å². The van der Waals surface area contributed by atoms with E-state index in [2.05, 4.69) is 61.2 Å². The lowest BCUT2D eigenvalue weighted by atomic mass is 10.1. The van der Waals surface area contributed by atoms with Gasteiger partial charge in [-0.05, 0) is 127 Å². The van der Waals surface area contributed by atoms with Crippen LogP contribution in [0.1, 0.15) is 33.9 Å². The molecule has 0 atom stereocenters. The molecule has 1 heterocycles. The largest absolute Gasteiger partial charge is 0.425 e. The normalized spacial score (nSPS) is 11.8. The molecule has 32 heteroatoms. The van der Waals surface area contributed by atoms with Crippen molar-refractivity contribution >= 4 is 103 Å². The Kier molecular flexibility index (Phi) is 20.5. The summed E-state index contributed by atoms with van der Waals surface area (Å²) in [6.07, 6.45) is 0.395. The molecular formula is C44H38N12O15S5. The van der Waals surface area contributed by atoms with Crippen molar-refractivity contribution in [3.05, 3.63) is 167 Å². The Bertz CT molecular complexity index is 3910. The smallest absolute Gasteiger partial charge is 0.338 e. The minimum Gasteiger partial charge on any atom is -0.338 e. The van der Waals surface area contributed by atoms with E-state index in [0.717, 1.165) is 22.8 Å². The monoisotopic (exact) mass is 1130 g/mol. The van der Waals surface area contributed by atoms with Crippen LogP contribution >= 0.6 is 0 Å². The second-order valence-electron chi connectivity index (χ2n) is 15.1. The van der Waals surface area contributed by atoms with Crippen molar-refractivity contribution < 1.29 is 64.2 Å². The number of aromatic nitrogens is 3. The van der Waals surface area contributed by atoms with Gasteiger partial charge in [0.1, 0.15) is 28.1 Å². The standard InChI is InChI=1S/C44H38N12O9S3.2O3S/c1-28-22-30(8-19-38(28)54-52-34-12-10-33(11-13-34)50-51-35-14-17-37(18-15-35)67(60,61)62)24-42-46-43(48-44(47-42)45-27-66(57,58)59)25-31-9-20-39(29(2)23-31)55-56-40-21-16-36(26-41(40)68(63,64)65)53-49-32-6-4-3-5-7-32;2*1-4(2)3/h3-23,26H,24-25,27H2,1-2H3,(H,57,58,59)(H,60,61,62)(H,63,64,65)(H,45,46,47,48);;. The number of anilines is 1. The third-order valence-corrected chi connectivity index (χ3v) is 11.7. The fraction of sp³-hybridized carbons (Fsp3) is 0.114. The van der Waals surface area contributed by atoms with E-state index >= 15 is 0 Å². The lowest BCUT2D eigenvalue weighted by Crippen LogP contribution is -2.17. The van der Waals surface area contributed by atoms with Crippen molar-refractivity contribution in [2.75, 3.05) is 11.2 Å². The van der Waals surface area contributed by atoms with Crippen molar-refractivity contribution in [1.29, 1.82) is 0 Å². The van der Waals surface area contributed by atoms with Crippen LogP contribution in [0.2, 0.25) is 0 Å². The van der Waals surface area contributed by atoms with Gasteiger partial charge in [-0.3, -0.25) is 13.7 Å². The molecule has 0 bridgehead atoms. The van der Waals surface area contributed by atoms with Crippen molar-refractivity contribution in [3.63, 3.8) is 0 Å². The highest BCUT2D eigenvalue weighted by atomic mass is 32.2. The van der Waals surface area contributed by atoms with Gasteiger partial charge in [-0.1, -0.05) is 42.5 Å². The highest BCUT2D eigenvalue weighted by molar-refractivity contribution is 7.86. The Morgan fingerprint density at radius 2 is 0.829 bits per heavy atom. The van der Waals surface area contributed by atoms with Crippen LogP contribution in [0.5, 0.6) is 0 Å². The highest BCUT2D eigenvalue weighted by Crippen LogP contribution is 2.33. The molecule has 0 fully saturated rings.